The average molecular weight is 399 g/mol. The average Bonchev–Trinajstić information content (AvgIpc) is 2.63. The van der Waals surface area contributed by atoms with Gasteiger partial charge in [-0.3, -0.25) is 9.59 Å². The molecule has 2 amide bonds. The molecular weight excluding hydrogens is 376 g/mol. The number of benzene rings is 2. The Morgan fingerprint density at radius 1 is 1.21 bits per heavy atom. The van der Waals surface area contributed by atoms with E-state index in [4.69, 9.17) is 16.3 Å². The molecule has 0 aliphatic carbocycles. The highest BCUT2D eigenvalue weighted by molar-refractivity contribution is 6.32. The van der Waals surface area contributed by atoms with E-state index in [9.17, 15) is 9.59 Å². The molecule has 1 N–H and O–H groups in total. The topological polar surface area (TPSA) is 58.6 Å². The van der Waals surface area contributed by atoms with Crippen molar-refractivity contribution >= 4 is 35.2 Å². The van der Waals surface area contributed by atoms with Gasteiger partial charge in [0.1, 0.15) is 5.75 Å². The molecule has 0 saturated heterocycles. The minimum absolute atomic E-state index is 0.00919. The first-order chi connectivity index (χ1) is 13.3. The van der Waals surface area contributed by atoms with Crippen LogP contribution in [0.2, 0.25) is 5.02 Å². The minimum atomic E-state index is -0.349. The van der Waals surface area contributed by atoms with Gasteiger partial charge in [0.25, 0.3) is 0 Å². The summed E-state index contributed by atoms with van der Waals surface area (Å²) in [5, 5.41) is 3.29. The summed E-state index contributed by atoms with van der Waals surface area (Å²) in [5.41, 5.74) is 2.55. The van der Waals surface area contributed by atoms with Crippen molar-refractivity contribution in [1.29, 1.82) is 0 Å². The molecule has 2 aromatic carbocycles. The standard InChI is InChI=1S/C22H23ClN2O3/c1-14(2)28-21-9-8-17(12-19(21)23)24-22(27)13-20-18-7-5-4-6-16(18)10-11-25(20)15(3)26/h4-12,14,20H,13H2,1-3H3,(H,24,27)/t20-/m0/s1. The van der Waals surface area contributed by atoms with Gasteiger partial charge in [0.2, 0.25) is 11.8 Å². The largest absolute Gasteiger partial charge is 0.489 e. The number of anilines is 1. The van der Waals surface area contributed by atoms with Crippen LogP contribution in [0.15, 0.2) is 48.7 Å². The number of carbonyl (C=O) groups is 2. The number of hydrogen-bond donors (Lipinski definition) is 1. The van der Waals surface area contributed by atoms with Crippen LogP contribution in [-0.2, 0) is 9.59 Å². The fourth-order valence-corrected chi connectivity index (χ4v) is 3.45. The lowest BCUT2D eigenvalue weighted by molar-refractivity contribution is -0.129. The van der Waals surface area contributed by atoms with E-state index in [1.54, 1.807) is 29.3 Å². The van der Waals surface area contributed by atoms with E-state index < -0.39 is 0 Å². The molecule has 5 nitrogen and oxygen atoms in total. The summed E-state index contributed by atoms with van der Waals surface area (Å²) in [6.07, 6.45) is 3.77. The van der Waals surface area contributed by atoms with Crippen LogP contribution in [-0.4, -0.2) is 22.8 Å². The van der Waals surface area contributed by atoms with Crippen molar-refractivity contribution in [3.63, 3.8) is 0 Å². The monoisotopic (exact) mass is 398 g/mol. The molecule has 146 valence electrons. The molecule has 3 rings (SSSR count). The molecule has 0 aromatic heterocycles. The van der Waals surface area contributed by atoms with Crippen molar-refractivity contribution in [3.05, 3.63) is 64.8 Å². The number of nitrogens with zero attached hydrogens (tertiary/aromatic N) is 1. The summed E-state index contributed by atoms with van der Waals surface area (Å²) >= 11 is 6.24. The van der Waals surface area contributed by atoms with Crippen LogP contribution in [0.1, 0.15) is 44.4 Å². The minimum Gasteiger partial charge on any atom is -0.489 e. The van der Waals surface area contributed by atoms with Gasteiger partial charge in [0.05, 0.1) is 23.6 Å². The maximum Gasteiger partial charge on any atom is 0.226 e. The first kappa shape index (κ1) is 20.0. The van der Waals surface area contributed by atoms with Crippen LogP contribution in [0.25, 0.3) is 6.08 Å². The normalized spacial score (nSPS) is 15.3. The number of rotatable bonds is 5. The van der Waals surface area contributed by atoms with Crippen LogP contribution >= 0.6 is 11.6 Å². The first-order valence-electron chi connectivity index (χ1n) is 9.17. The third-order valence-electron chi connectivity index (χ3n) is 4.43. The number of amides is 2. The van der Waals surface area contributed by atoms with E-state index in [0.717, 1.165) is 11.1 Å². The zero-order valence-electron chi connectivity index (χ0n) is 16.1. The Kier molecular flexibility index (Phi) is 6.05. The van der Waals surface area contributed by atoms with Gasteiger partial charge in [-0.25, -0.2) is 0 Å². The zero-order chi connectivity index (χ0) is 20.3. The third-order valence-corrected chi connectivity index (χ3v) is 4.72. The van der Waals surface area contributed by atoms with Gasteiger partial charge in [-0.05, 0) is 49.2 Å². The highest BCUT2D eigenvalue weighted by Crippen LogP contribution is 2.33. The summed E-state index contributed by atoms with van der Waals surface area (Å²) in [7, 11) is 0. The molecule has 0 unspecified atom stereocenters. The lowest BCUT2D eigenvalue weighted by Gasteiger charge is -2.32. The summed E-state index contributed by atoms with van der Waals surface area (Å²) in [4.78, 5) is 26.3. The maximum absolute atomic E-state index is 12.7. The lowest BCUT2D eigenvalue weighted by Crippen LogP contribution is -2.33. The highest BCUT2D eigenvalue weighted by Gasteiger charge is 2.28. The molecule has 0 radical (unpaired) electrons. The number of hydrogen-bond acceptors (Lipinski definition) is 3. The smallest absolute Gasteiger partial charge is 0.226 e. The van der Waals surface area contributed by atoms with Gasteiger partial charge in [0.15, 0.2) is 0 Å². The quantitative estimate of drug-likeness (QED) is 0.768. The fourth-order valence-electron chi connectivity index (χ4n) is 3.23. The van der Waals surface area contributed by atoms with Gasteiger partial charge in [-0.1, -0.05) is 35.9 Å². The SMILES string of the molecule is CC(=O)N1C=Cc2ccccc2[C@@H]1CC(=O)Nc1ccc(OC(C)C)c(Cl)c1. The fraction of sp³-hybridized carbons (Fsp3) is 0.273. The van der Waals surface area contributed by atoms with Crippen LogP contribution in [0.3, 0.4) is 0 Å². The second-order valence-electron chi connectivity index (χ2n) is 6.95. The van der Waals surface area contributed by atoms with Crippen molar-refractivity contribution in [2.24, 2.45) is 0 Å². The van der Waals surface area contributed by atoms with Crippen molar-refractivity contribution < 1.29 is 14.3 Å². The van der Waals surface area contributed by atoms with E-state index in [2.05, 4.69) is 5.32 Å². The molecule has 1 aliphatic rings. The Labute approximate surface area is 169 Å². The molecule has 1 heterocycles. The lowest BCUT2D eigenvalue weighted by atomic mass is 9.93. The predicted octanol–water partition coefficient (Wildman–Crippen LogP) is 5.03. The van der Waals surface area contributed by atoms with Crippen molar-refractivity contribution in [1.82, 2.24) is 4.90 Å². The molecule has 0 spiro atoms. The summed E-state index contributed by atoms with van der Waals surface area (Å²) in [6.45, 7) is 5.34. The van der Waals surface area contributed by atoms with Gasteiger partial charge in [-0.15, -0.1) is 0 Å². The van der Waals surface area contributed by atoms with E-state index in [0.29, 0.717) is 16.5 Å². The van der Waals surface area contributed by atoms with E-state index >= 15 is 0 Å². The highest BCUT2D eigenvalue weighted by atomic mass is 35.5. The molecule has 0 fully saturated rings. The van der Waals surface area contributed by atoms with Crippen LogP contribution in [0.5, 0.6) is 5.75 Å². The second kappa shape index (κ2) is 8.48. The van der Waals surface area contributed by atoms with Gasteiger partial charge < -0.3 is 15.0 Å². The van der Waals surface area contributed by atoms with Gasteiger partial charge in [-0.2, -0.15) is 0 Å². The van der Waals surface area contributed by atoms with Crippen molar-refractivity contribution in [2.45, 2.75) is 39.3 Å². The van der Waals surface area contributed by atoms with Crippen LogP contribution in [0.4, 0.5) is 5.69 Å². The first-order valence-corrected chi connectivity index (χ1v) is 9.55. The Morgan fingerprint density at radius 2 is 1.96 bits per heavy atom. The molecule has 6 heteroatoms. The maximum atomic E-state index is 12.7. The Balaban J connectivity index is 1.75. The Bertz CT molecular complexity index is 924. The van der Waals surface area contributed by atoms with Gasteiger partial charge >= 0.3 is 0 Å². The Morgan fingerprint density at radius 3 is 2.64 bits per heavy atom. The molecule has 2 aromatic rings. The molecular formula is C22H23ClN2O3. The molecule has 0 saturated carbocycles. The molecule has 1 atom stereocenters. The summed E-state index contributed by atoms with van der Waals surface area (Å²) in [5.74, 6) is 0.264. The molecule has 1 aliphatic heterocycles. The third kappa shape index (κ3) is 4.54. The van der Waals surface area contributed by atoms with E-state index in [-0.39, 0.29) is 30.4 Å². The number of fused-ring (bicyclic) bond motifs is 1. The van der Waals surface area contributed by atoms with E-state index in [1.807, 2.05) is 44.2 Å². The molecule has 0 bridgehead atoms. The number of carbonyl (C=O) groups excluding carboxylic acids is 2. The Hall–Kier alpha value is -2.79. The van der Waals surface area contributed by atoms with Crippen LogP contribution in [0, 0.1) is 0 Å². The van der Waals surface area contributed by atoms with Crippen LogP contribution < -0.4 is 10.1 Å². The van der Waals surface area contributed by atoms with Crippen molar-refractivity contribution in [3.8, 4) is 5.75 Å². The van der Waals surface area contributed by atoms with Gasteiger partial charge in [0, 0.05) is 18.8 Å². The predicted molar refractivity (Wildman–Crippen MR) is 111 cm³/mol. The van der Waals surface area contributed by atoms with E-state index in [1.165, 1.54) is 6.92 Å². The molecule has 28 heavy (non-hydrogen) atoms. The second-order valence-corrected chi connectivity index (χ2v) is 7.36. The number of ether oxygens (including phenoxy) is 1. The zero-order valence-corrected chi connectivity index (χ0v) is 16.9. The number of halogens is 1. The summed E-state index contributed by atoms with van der Waals surface area (Å²) < 4.78 is 5.61. The number of nitrogens with one attached hydrogen (secondary N) is 1. The summed E-state index contributed by atoms with van der Waals surface area (Å²) in [6, 6.07) is 12.6. The van der Waals surface area contributed by atoms with Crippen molar-refractivity contribution in [2.75, 3.05) is 5.32 Å².